The lowest BCUT2D eigenvalue weighted by atomic mass is 9.82. The summed E-state index contributed by atoms with van der Waals surface area (Å²) in [5.41, 5.74) is -1.91. The minimum absolute atomic E-state index is 0.0767. The molecule has 1 heterocycles. The number of hydrogen-bond acceptors (Lipinski definition) is 8. The van der Waals surface area contributed by atoms with Crippen LogP contribution in [0, 0.1) is 11.6 Å². The lowest BCUT2D eigenvalue weighted by Crippen LogP contribution is -2.46. The SMILES string of the molecule is COc1ccnc(C(=O)NC(C)C(=O)OC(C)C(O)(c2ccc(F)cc2)c2ccc(F)cc2)c1OC(C)=O. The summed E-state index contributed by atoms with van der Waals surface area (Å²) >= 11 is 0. The number of rotatable bonds is 9. The van der Waals surface area contributed by atoms with Gasteiger partial charge >= 0.3 is 11.9 Å². The molecule has 0 bridgehead atoms. The molecule has 200 valence electrons. The van der Waals surface area contributed by atoms with E-state index in [-0.39, 0.29) is 28.3 Å². The molecule has 0 fully saturated rings. The molecule has 0 aliphatic heterocycles. The Morgan fingerprint density at radius 2 is 1.47 bits per heavy atom. The van der Waals surface area contributed by atoms with Gasteiger partial charge in [0.1, 0.15) is 23.8 Å². The lowest BCUT2D eigenvalue weighted by molar-refractivity contribution is -0.162. The number of benzene rings is 2. The molecule has 0 radical (unpaired) electrons. The first kappa shape index (κ1) is 28.2. The van der Waals surface area contributed by atoms with Crippen molar-refractivity contribution >= 4 is 17.8 Å². The second kappa shape index (κ2) is 11.8. The van der Waals surface area contributed by atoms with E-state index >= 15 is 0 Å². The van der Waals surface area contributed by atoms with Gasteiger partial charge in [-0.05, 0) is 49.2 Å². The standard InChI is InChI=1S/C27H26F2N2O7/c1-15(31-25(33)23-24(38-17(3)32)22(36-4)13-14-30-23)26(34)37-16(2)27(35,18-5-9-20(28)10-6-18)19-7-11-21(29)12-8-19/h5-16,35H,1-4H3,(H,31,33). The highest BCUT2D eigenvalue weighted by Crippen LogP contribution is 2.35. The predicted octanol–water partition coefficient (Wildman–Crippen LogP) is 3.28. The van der Waals surface area contributed by atoms with Crippen LogP contribution in [0.2, 0.25) is 0 Å². The summed E-state index contributed by atoms with van der Waals surface area (Å²) in [7, 11) is 1.31. The normalized spacial score (nSPS) is 12.7. The number of carbonyl (C=O) groups is 3. The highest BCUT2D eigenvalue weighted by Gasteiger charge is 2.41. The topological polar surface area (TPSA) is 124 Å². The van der Waals surface area contributed by atoms with Crippen molar-refractivity contribution in [1.29, 1.82) is 0 Å². The van der Waals surface area contributed by atoms with Crippen molar-refractivity contribution in [2.24, 2.45) is 0 Å². The number of hydrogen-bond donors (Lipinski definition) is 2. The maximum Gasteiger partial charge on any atom is 0.328 e. The van der Waals surface area contributed by atoms with E-state index in [9.17, 15) is 28.3 Å². The van der Waals surface area contributed by atoms with Crippen LogP contribution in [-0.4, -0.2) is 47.2 Å². The first-order valence-electron chi connectivity index (χ1n) is 11.4. The maximum atomic E-state index is 13.6. The molecule has 1 aromatic heterocycles. The summed E-state index contributed by atoms with van der Waals surface area (Å²) in [5.74, 6) is -3.74. The van der Waals surface area contributed by atoms with Gasteiger partial charge in [-0.25, -0.2) is 18.6 Å². The van der Waals surface area contributed by atoms with Crippen LogP contribution >= 0.6 is 0 Å². The number of aromatic nitrogens is 1. The monoisotopic (exact) mass is 528 g/mol. The molecule has 2 unspecified atom stereocenters. The molecule has 1 amide bonds. The summed E-state index contributed by atoms with van der Waals surface area (Å²) in [6.45, 7) is 3.88. The second-order valence-corrected chi connectivity index (χ2v) is 8.34. The zero-order chi connectivity index (χ0) is 28.0. The third-order valence-corrected chi connectivity index (χ3v) is 5.70. The molecule has 0 aliphatic rings. The third-order valence-electron chi connectivity index (χ3n) is 5.70. The average Bonchev–Trinajstić information content (AvgIpc) is 2.88. The number of nitrogens with zero attached hydrogens (tertiary/aromatic N) is 1. The van der Waals surface area contributed by atoms with Crippen LogP contribution in [0.15, 0.2) is 60.8 Å². The van der Waals surface area contributed by atoms with Gasteiger partial charge in [-0.15, -0.1) is 0 Å². The fraction of sp³-hybridized carbons (Fsp3) is 0.259. The number of aliphatic hydroxyl groups is 1. The zero-order valence-corrected chi connectivity index (χ0v) is 21.0. The smallest absolute Gasteiger partial charge is 0.328 e. The number of carbonyl (C=O) groups excluding carboxylic acids is 3. The van der Waals surface area contributed by atoms with Crippen molar-refractivity contribution < 1.29 is 42.5 Å². The lowest BCUT2D eigenvalue weighted by Gasteiger charge is -2.35. The van der Waals surface area contributed by atoms with Crippen LogP contribution in [0.4, 0.5) is 8.78 Å². The van der Waals surface area contributed by atoms with E-state index in [1.165, 1.54) is 57.5 Å². The van der Waals surface area contributed by atoms with Gasteiger partial charge in [-0.1, -0.05) is 24.3 Å². The van der Waals surface area contributed by atoms with Crippen molar-refractivity contribution in [2.75, 3.05) is 7.11 Å². The molecule has 9 nitrogen and oxygen atoms in total. The summed E-state index contributed by atoms with van der Waals surface area (Å²) < 4.78 is 42.8. The number of pyridine rings is 1. The number of methoxy groups -OCH3 is 1. The highest BCUT2D eigenvalue weighted by atomic mass is 19.1. The van der Waals surface area contributed by atoms with Gasteiger partial charge in [0.05, 0.1) is 7.11 Å². The molecule has 2 atom stereocenters. The fourth-order valence-electron chi connectivity index (χ4n) is 3.72. The van der Waals surface area contributed by atoms with Gasteiger partial charge in [0, 0.05) is 19.2 Å². The molecule has 0 spiro atoms. The molecule has 0 saturated heterocycles. The van der Waals surface area contributed by atoms with E-state index in [1.807, 2.05) is 0 Å². The van der Waals surface area contributed by atoms with Crippen molar-refractivity contribution in [2.45, 2.75) is 38.5 Å². The zero-order valence-electron chi connectivity index (χ0n) is 21.0. The van der Waals surface area contributed by atoms with Gasteiger partial charge in [-0.2, -0.15) is 0 Å². The Bertz CT molecular complexity index is 1270. The Labute approximate surface area is 217 Å². The Hall–Kier alpha value is -4.38. The van der Waals surface area contributed by atoms with Crippen molar-refractivity contribution in [1.82, 2.24) is 10.3 Å². The summed E-state index contributed by atoms with van der Waals surface area (Å²) in [4.78, 5) is 41.2. The van der Waals surface area contributed by atoms with Crippen molar-refractivity contribution in [3.63, 3.8) is 0 Å². The number of halogens is 2. The van der Waals surface area contributed by atoms with Crippen LogP contribution in [0.25, 0.3) is 0 Å². The van der Waals surface area contributed by atoms with Crippen LogP contribution in [0.1, 0.15) is 42.4 Å². The van der Waals surface area contributed by atoms with E-state index in [1.54, 1.807) is 0 Å². The molecular formula is C27H26F2N2O7. The number of esters is 2. The van der Waals surface area contributed by atoms with Gasteiger partial charge in [0.25, 0.3) is 5.91 Å². The molecule has 38 heavy (non-hydrogen) atoms. The van der Waals surface area contributed by atoms with Gasteiger partial charge < -0.3 is 24.6 Å². The van der Waals surface area contributed by atoms with Crippen molar-refractivity contribution in [3.05, 3.63) is 89.2 Å². The number of ether oxygens (including phenoxy) is 3. The first-order chi connectivity index (χ1) is 18.0. The summed E-state index contributed by atoms with van der Waals surface area (Å²) in [6, 6.07) is 9.93. The van der Waals surface area contributed by atoms with E-state index < -0.39 is 47.2 Å². The first-order valence-corrected chi connectivity index (χ1v) is 11.4. The molecule has 0 aliphatic carbocycles. The quantitative estimate of drug-likeness (QED) is 0.406. The molecule has 0 saturated carbocycles. The largest absolute Gasteiger partial charge is 0.493 e. The predicted molar refractivity (Wildman–Crippen MR) is 130 cm³/mol. The molecule has 2 aromatic carbocycles. The minimum Gasteiger partial charge on any atom is -0.493 e. The van der Waals surface area contributed by atoms with Crippen LogP contribution in [0.5, 0.6) is 11.5 Å². The van der Waals surface area contributed by atoms with Crippen LogP contribution in [-0.2, 0) is 19.9 Å². The summed E-state index contributed by atoms with van der Waals surface area (Å²) in [6.07, 6.45) is -0.00561. The van der Waals surface area contributed by atoms with E-state index in [0.29, 0.717) is 0 Å². The molecule has 2 N–H and O–H groups in total. The van der Waals surface area contributed by atoms with E-state index in [0.717, 1.165) is 31.2 Å². The molecule has 3 aromatic rings. The fourth-order valence-corrected chi connectivity index (χ4v) is 3.72. The Kier molecular flexibility index (Phi) is 8.74. The van der Waals surface area contributed by atoms with Gasteiger partial charge in [-0.3, -0.25) is 9.59 Å². The number of nitrogens with one attached hydrogen (secondary N) is 1. The third kappa shape index (κ3) is 6.12. The van der Waals surface area contributed by atoms with Gasteiger partial charge in [0.2, 0.25) is 5.75 Å². The van der Waals surface area contributed by atoms with E-state index in [4.69, 9.17) is 14.2 Å². The average molecular weight is 529 g/mol. The maximum absolute atomic E-state index is 13.6. The Balaban J connectivity index is 1.83. The molecule has 3 rings (SSSR count). The van der Waals surface area contributed by atoms with E-state index in [2.05, 4.69) is 10.3 Å². The Morgan fingerprint density at radius 3 is 1.95 bits per heavy atom. The number of amides is 1. The summed E-state index contributed by atoms with van der Waals surface area (Å²) in [5, 5.41) is 14.1. The van der Waals surface area contributed by atoms with Crippen LogP contribution in [0.3, 0.4) is 0 Å². The highest BCUT2D eigenvalue weighted by molar-refractivity contribution is 5.98. The second-order valence-electron chi connectivity index (χ2n) is 8.34. The van der Waals surface area contributed by atoms with Gasteiger partial charge in [0.15, 0.2) is 17.0 Å². The molecule has 11 heteroatoms. The van der Waals surface area contributed by atoms with Crippen LogP contribution < -0.4 is 14.8 Å². The Morgan fingerprint density at radius 1 is 0.947 bits per heavy atom. The minimum atomic E-state index is -1.99. The molecular weight excluding hydrogens is 502 g/mol. The van der Waals surface area contributed by atoms with Crippen molar-refractivity contribution in [3.8, 4) is 11.5 Å².